The molecule has 1 heterocycles. The van der Waals surface area contributed by atoms with E-state index in [2.05, 4.69) is 14.2 Å². The molecule has 1 unspecified atom stereocenters. The van der Waals surface area contributed by atoms with Gasteiger partial charge in [0.1, 0.15) is 5.82 Å². The van der Waals surface area contributed by atoms with Crippen LogP contribution in [-0.2, 0) is 0 Å². The highest BCUT2D eigenvalue weighted by molar-refractivity contribution is 6.99. The number of hydrogen-bond acceptors (Lipinski definition) is 5. The van der Waals surface area contributed by atoms with Gasteiger partial charge in [-0.1, -0.05) is 12.1 Å². The highest BCUT2D eigenvalue weighted by Crippen LogP contribution is 2.20. The first-order valence-corrected chi connectivity index (χ1v) is 5.03. The summed E-state index contributed by atoms with van der Waals surface area (Å²) in [6.45, 7) is 0. The third kappa shape index (κ3) is 2.17. The van der Waals surface area contributed by atoms with Gasteiger partial charge < -0.3 is 0 Å². The molecule has 0 amide bonds. The molecule has 78 valence electrons. The van der Waals surface area contributed by atoms with Crippen molar-refractivity contribution in [1.29, 1.82) is 0 Å². The molecule has 1 aromatic carbocycles. The Hall–Kier alpha value is -1.37. The van der Waals surface area contributed by atoms with Crippen molar-refractivity contribution in [3.8, 4) is 0 Å². The number of rotatable bonds is 3. The van der Waals surface area contributed by atoms with Crippen molar-refractivity contribution in [3.05, 3.63) is 47.5 Å². The maximum Gasteiger partial charge on any atom is 0.123 e. The van der Waals surface area contributed by atoms with Gasteiger partial charge in [0.05, 0.1) is 29.7 Å². The number of nitrogens with zero attached hydrogens (tertiary/aromatic N) is 2. The molecule has 0 saturated heterocycles. The molecule has 0 aliphatic heterocycles. The topological polar surface area (TPSA) is 63.8 Å². The van der Waals surface area contributed by atoms with Gasteiger partial charge in [0.2, 0.25) is 0 Å². The first-order chi connectivity index (χ1) is 7.31. The van der Waals surface area contributed by atoms with Gasteiger partial charge in [-0.2, -0.15) is 8.75 Å². The van der Waals surface area contributed by atoms with Crippen LogP contribution in [-0.4, -0.2) is 8.75 Å². The number of aromatic nitrogens is 2. The summed E-state index contributed by atoms with van der Waals surface area (Å²) in [7, 11) is 0. The quantitative estimate of drug-likeness (QED) is 0.608. The number of halogens is 1. The second-order valence-corrected chi connectivity index (χ2v) is 3.54. The zero-order valence-corrected chi connectivity index (χ0v) is 8.54. The zero-order valence-electron chi connectivity index (χ0n) is 7.72. The molecule has 6 heteroatoms. The Morgan fingerprint density at radius 2 is 2.33 bits per heavy atom. The fraction of sp³-hybridized carbons (Fsp3) is 0.111. The van der Waals surface area contributed by atoms with Crippen LogP contribution >= 0.6 is 11.7 Å². The molecule has 0 fully saturated rings. The van der Waals surface area contributed by atoms with E-state index in [9.17, 15) is 4.39 Å². The van der Waals surface area contributed by atoms with Crippen LogP contribution in [0.2, 0.25) is 0 Å². The van der Waals surface area contributed by atoms with E-state index in [0.29, 0.717) is 5.69 Å². The minimum Gasteiger partial charge on any atom is -0.271 e. The lowest BCUT2D eigenvalue weighted by Gasteiger charge is -2.12. The first kappa shape index (κ1) is 10.2. The largest absolute Gasteiger partial charge is 0.271 e. The second kappa shape index (κ2) is 4.43. The van der Waals surface area contributed by atoms with Crippen LogP contribution in [0.4, 0.5) is 4.39 Å². The molecule has 1 atom stereocenters. The van der Waals surface area contributed by atoms with E-state index in [-0.39, 0.29) is 11.9 Å². The summed E-state index contributed by atoms with van der Waals surface area (Å²) >= 11 is 1.09. The highest BCUT2D eigenvalue weighted by Gasteiger charge is 2.15. The fourth-order valence-corrected chi connectivity index (χ4v) is 1.79. The molecule has 2 aromatic rings. The number of nitrogens with two attached hydrogens (primary N) is 1. The predicted molar refractivity (Wildman–Crippen MR) is 55.5 cm³/mol. The predicted octanol–water partition coefficient (Wildman–Crippen LogP) is 1.23. The van der Waals surface area contributed by atoms with Crippen LogP contribution in [0, 0.1) is 5.82 Å². The smallest absolute Gasteiger partial charge is 0.123 e. The lowest BCUT2D eigenvalue weighted by molar-refractivity contribution is 0.600. The molecular weight excluding hydrogens is 215 g/mol. The maximum absolute atomic E-state index is 13.0. The van der Waals surface area contributed by atoms with Crippen molar-refractivity contribution in [2.24, 2.45) is 5.84 Å². The molecule has 3 N–H and O–H groups in total. The van der Waals surface area contributed by atoms with E-state index in [1.807, 2.05) is 0 Å². The van der Waals surface area contributed by atoms with E-state index in [1.54, 1.807) is 18.3 Å². The number of benzene rings is 1. The molecule has 0 aliphatic rings. The molecular formula is C9H9FN4S. The van der Waals surface area contributed by atoms with Gasteiger partial charge in [-0.3, -0.25) is 5.84 Å². The van der Waals surface area contributed by atoms with Crippen molar-refractivity contribution in [3.63, 3.8) is 0 Å². The summed E-state index contributed by atoms with van der Waals surface area (Å²) in [5.74, 6) is 5.12. The average Bonchev–Trinajstić information content (AvgIpc) is 2.72. The summed E-state index contributed by atoms with van der Waals surface area (Å²) < 4.78 is 20.9. The van der Waals surface area contributed by atoms with Gasteiger partial charge in [-0.05, 0) is 17.7 Å². The number of hydrazine groups is 1. The number of nitrogens with one attached hydrogen (secondary N) is 1. The van der Waals surface area contributed by atoms with Gasteiger partial charge in [0.25, 0.3) is 0 Å². The van der Waals surface area contributed by atoms with Gasteiger partial charge in [-0.25, -0.2) is 9.82 Å². The third-order valence-corrected chi connectivity index (χ3v) is 2.51. The summed E-state index contributed by atoms with van der Waals surface area (Å²) in [4.78, 5) is 0. The average molecular weight is 224 g/mol. The zero-order chi connectivity index (χ0) is 10.7. The fourth-order valence-electron chi connectivity index (χ4n) is 1.34. The Kier molecular flexibility index (Phi) is 3.00. The minimum atomic E-state index is -0.320. The van der Waals surface area contributed by atoms with Gasteiger partial charge in [-0.15, -0.1) is 0 Å². The van der Waals surface area contributed by atoms with Crippen LogP contribution in [0.25, 0.3) is 0 Å². The first-order valence-electron chi connectivity index (χ1n) is 4.30. The summed E-state index contributed by atoms with van der Waals surface area (Å²) in [5, 5.41) is 0. The van der Waals surface area contributed by atoms with Crippen molar-refractivity contribution in [1.82, 2.24) is 14.2 Å². The van der Waals surface area contributed by atoms with E-state index in [1.165, 1.54) is 12.1 Å². The summed E-state index contributed by atoms with van der Waals surface area (Å²) in [5.41, 5.74) is 4.00. The van der Waals surface area contributed by atoms with Crippen LogP contribution in [0.1, 0.15) is 17.3 Å². The van der Waals surface area contributed by atoms with Crippen molar-refractivity contribution in [2.45, 2.75) is 6.04 Å². The summed E-state index contributed by atoms with van der Waals surface area (Å²) in [6, 6.07) is 5.90. The van der Waals surface area contributed by atoms with E-state index < -0.39 is 0 Å². The Morgan fingerprint density at radius 1 is 1.47 bits per heavy atom. The SMILES string of the molecule is NNC(c1cccc(F)c1)c1cnsn1. The second-order valence-electron chi connectivity index (χ2n) is 2.99. The van der Waals surface area contributed by atoms with Crippen LogP contribution < -0.4 is 11.3 Å². The van der Waals surface area contributed by atoms with Crippen LogP contribution in [0.5, 0.6) is 0 Å². The van der Waals surface area contributed by atoms with Crippen molar-refractivity contribution >= 4 is 11.7 Å². The van der Waals surface area contributed by atoms with Gasteiger partial charge >= 0.3 is 0 Å². The molecule has 0 radical (unpaired) electrons. The monoisotopic (exact) mass is 224 g/mol. The Bertz CT molecular complexity index is 431. The molecule has 15 heavy (non-hydrogen) atoms. The molecule has 1 aromatic heterocycles. The highest BCUT2D eigenvalue weighted by atomic mass is 32.1. The van der Waals surface area contributed by atoms with Gasteiger partial charge in [0, 0.05) is 0 Å². The standard InChI is InChI=1S/C9H9FN4S/c10-7-3-1-2-6(4-7)9(13-11)8-5-12-15-14-8/h1-5,9,13H,11H2. The van der Waals surface area contributed by atoms with Crippen LogP contribution in [0.15, 0.2) is 30.5 Å². The molecule has 0 spiro atoms. The number of hydrogen-bond donors (Lipinski definition) is 2. The summed E-state index contributed by atoms with van der Waals surface area (Å²) in [6.07, 6.45) is 1.61. The lowest BCUT2D eigenvalue weighted by atomic mass is 10.1. The lowest BCUT2D eigenvalue weighted by Crippen LogP contribution is -2.29. The Labute approximate surface area is 90.2 Å². The third-order valence-electron chi connectivity index (χ3n) is 2.02. The maximum atomic E-state index is 13.0. The van der Waals surface area contributed by atoms with Crippen molar-refractivity contribution in [2.75, 3.05) is 0 Å². The van der Waals surface area contributed by atoms with Gasteiger partial charge in [0.15, 0.2) is 0 Å². The Morgan fingerprint density at radius 3 is 2.93 bits per heavy atom. The van der Waals surface area contributed by atoms with Crippen molar-refractivity contribution < 1.29 is 4.39 Å². The Balaban J connectivity index is 2.35. The van der Waals surface area contributed by atoms with E-state index in [0.717, 1.165) is 17.3 Å². The molecule has 0 aliphatic carbocycles. The van der Waals surface area contributed by atoms with Crippen LogP contribution in [0.3, 0.4) is 0 Å². The molecule has 0 saturated carbocycles. The van der Waals surface area contributed by atoms with E-state index in [4.69, 9.17) is 5.84 Å². The minimum absolute atomic E-state index is 0.295. The van der Waals surface area contributed by atoms with E-state index >= 15 is 0 Å². The molecule has 4 nitrogen and oxygen atoms in total. The normalized spacial score (nSPS) is 12.7. The molecule has 2 rings (SSSR count). The molecule has 0 bridgehead atoms.